The zero-order chi connectivity index (χ0) is 19.0. The third kappa shape index (κ3) is 3.47. The lowest BCUT2D eigenvalue weighted by Gasteiger charge is -2.27. The molecule has 0 unspecified atom stereocenters. The van der Waals surface area contributed by atoms with Crippen molar-refractivity contribution in [3.05, 3.63) is 75.4 Å². The van der Waals surface area contributed by atoms with Crippen LogP contribution in [0, 0.1) is 5.82 Å². The average molecular weight is 385 g/mol. The maximum absolute atomic E-state index is 13.3. The normalized spacial score (nSPS) is 14.1. The molecule has 0 radical (unpaired) electrons. The molecule has 1 aliphatic rings. The maximum atomic E-state index is 13.3. The Morgan fingerprint density at radius 2 is 2.00 bits per heavy atom. The largest absolute Gasteiger partial charge is 0.325 e. The number of hydrogen-bond acceptors (Lipinski definition) is 2. The predicted octanol–water partition coefficient (Wildman–Crippen LogP) is 4.70. The van der Waals surface area contributed by atoms with Crippen molar-refractivity contribution in [3.8, 4) is 0 Å². The molecule has 0 aliphatic heterocycles. The fourth-order valence-corrected chi connectivity index (χ4v) is 3.59. The topological polar surface area (TPSA) is 51.1 Å². The Morgan fingerprint density at radius 1 is 1.19 bits per heavy atom. The van der Waals surface area contributed by atoms with Crippen molar-refractivity contribution in [1.82, 2.24) is 4.57 Å². The zero-order valence-electron chi connectivity index (χ0n) is 14.5. The number of hydrogen-bond donors (Lipinski definition) is 1. The smallest absolute Gasteiger partial charge is 0.258 e. The molecule has 0 spiro atoms. The van der Waals surface area contributed by atoms with E-state index in [-0.39, 0.29) is 29.0 Å². The molecule has 0 saturated heterocycles. The van der Waals surface area contributed by atoms with Crippen LogP contribution in [0.2, 0.25) is 5.02 Å². The number of nitrogens with zero attached hydrogens (tertiary/aromatic N) is 1. The van der Waals surface area contributed by atoms with E-state index < -0.39 is 5.82 Å². The number of anilines is 1. The van der Waals surface area contributed by atoms with E-state index in [1.165, 1.54) is 18.2 Å². The van der Waals surface area contributed by atoms with Gasteiger partial charge in [0.05, 0.1) is 11.4 Å². The summed E-state index contributed by atoms with van der Waals surface area (Å²) in [7, 11) is 0. The Labute approximate surface area is 160 Å². The number of rotatable bonds is 4. The summed E-state index contributed by atoms with van der Waals surface area (Å²) in [6, 6.07) is 11.7. The Hall–Kier alpha value is -2.66. The second-order valence-corrected chi connectivity index (χ2v) is 7.26. The molecule has 1 aromatic heterocycles. The van der Waals surface area contributed by atoms with E-state index in [4.69, 9.17) is 11.6 Å². The molecular formula is C21H18ClFN2O2. The highest BCUT2D eigenvalue weighted by molar-refractivity contribution is 6.30. The highest BCUT2D eigenvalue weighted by atomic mass is 35.5. The first-order valence-corrected chi connectivity index (χ1v) is 9.28. The Morgan fingerprint density at radius 3 is 2.70 bits per heavy atom. The van der Waals surface area contributed by atoms with Gasteiger partial charge in [0.25, 0.3) is 5.56 Å². The van der Waals surface area contributed by atoms with Crippen molar-refractivity contribution in [3.63, 3.8) is 0 Å². The number of amides is 1. The minimum Gasteiger partial charge on any atom is -0.325 e. The molecular weight excluding hydrogens is 367 g/mol. The molecule has 1 N–H and O–H groups in total. The summed E-state index contributed by atoms with van der Waals surface area (Å²) < 4.78 is 15.0. The van der Waals surface area contributed by atoms with Gasteiger partial charge in [0, 0.05) is 28.7 Å². The van der Waals surface area contributed by atoms with Gasteiger partial charge in [0.15, 0.2) is 0 Å². The van der Waals surface area contributed by atoms with Gasteiger partial charge < -0.3 is 9.88 Å². The second kappa shape index (κ2) is 7.16. The Bertz CT molecular complexity index is 1090. The first-order valence-electron chi connectivity index (χ1n) is 8.90. The molecule has 1 fully saturated rings. The molecule has 1 amide bonds. The van der Waals surface area contributed by atoms with Crippen LogP contribution < -0.4 is 10.9 Å². The summed E-state index contributed by atoms with van der Waals surface area (Å²) in [5, 5.41) is 4.14. The van der Waals surface area contributed by atoms with Gasteiger partial charge in [-0.05, 0) is 55.2 Å². The van der Waals surface area contributed by atoms with Gasteiger partial charge in [-0.15, -0.1) is 0 Å². The summed E-state index contributed by atoms with van der Waals surface area (Å²) in [6.07, 6.45) is 5.09. The molecule has 1 heterocycles. The fourth-order valence-electron chi connectivity index (χ4n) is 3.38. The van der Waals surface area contributed by atoms with Gasteiger partial charge in [-0.2, -0.15) is 0 Å². The van der Waals surface area contributed by atoms with Gasteiger partial charge in [0.2, 0.25) is 5.91 Å². The first-order chi connectivity index (χ1) is 13.0. The highest BCUT2D eigenvalue weighted by Crippen LogP contribution is 2.31. The van der Waals surface area contributed by atoms with Gasteiger partial charge in [-0.25, -0.2) is 4.39 Å². The summed E-state index contributed by atoms with van der Waals surface area (Å²) in [4.78, 5) is 25.2. The SMILES string of the molecule is O=C(Cc1ccc(F)c(Cl)c1)Nc1cccc2c(=O)n(C3CCC3)ccc12. The number of nitrogens with one attached hydrogen (secondary N) is 1. The van der Waals surface area contributed by atoms with E-state index in [9.17, 15) is 14.0 Å². The van der Waals surface area contributed by atoms with Crippen LogP contribution >= 0.6 is 11.6 Å². The van der Waals surface area contributed by atoms with Crippen LogP contribution in [0.4, 0.5) is 10.1 Å². The predicted molar refractivity (Wildman–Crippen MR) is 105 cm³/mol. The maximum Gasteiger partial charge on any atom is 0.258 e. The van der Waals surface area contributed by atoms with Crippen LogP contribution in [0.1, 0.15) is 30.9 Å². The van der Waals surface area contributed by atoms with Crippen LogP contribution in [0.15, 0.2) is 53.5 Å². The average Bonchev–Trinajstić information content (AvgIpc) is 2.59. The molecule has 4 nitrogen and oxygen atoms in total. The molecule has 138 valence electrons. The zero-order valence-corrected chi connectivity index (χ0v) is 15.3. The van der Waals surface area contributed by atoms with E-state index in [1.54, 1.807) is 22.8 Å². The number of pyridine rings is 1. The Balaban J connectivity index is 1.59. The molecule has 4 rings (SSSR count). The lowest BCUT2D eigenvalue weighted by Crippen LogP contribution is -2.28. The quantitative estimate of drug-likeness (QED) is 0.708. The van der Waals surface area contributed by atoms with E-state index >= 15 is 0 Å². The van der Waals surface area contributed by atoms with Gasteiger partial charge >= 0.3 is 0 Å². The molecule has 0 atom stereocenters. The standard InChI is InChI=1S/C21H18ClFN2O2/c22-17-11-13(7-8-18(17)23)12-20(26)24-19-6-2-5-16-15(19)9-10-25(21(16)27)14-3-1-4-14/h2,5-11,14H,1,3-4,12H2,(H,24,26). The van der Waals surface area contributed by atoms with Gasteiger partial charge in [-0.1, -0.05) is 23.7 Å². The molecule has 1 aliphatic carbocycles. The van der Waals surface area contributed by atoms with Crippen molar-refractivity contribution >= 4 is 34.0 Å². The van der Waals surface area contributed by atoms with Gasteiger partial charge in [0.1, 0.15) is 5.82 Å². The summed E-state index contributed by atoms with van der Waals surface area (Å²) in [5.74, 6) is -0.772. The van der Waals surface area contributed by atoms with E-state index in [2.05, 4.69) is 5.32 Å². The van der Waals surface area contributed by atoms with Crippen LogP contribution in [-0.4, -0.2) is 10.5 Å². The first kappa shape index (κ1) is 17.7. The molecule has 0 bridgehead atoms. The molecule has 2 aromatic carbocycles. The summed E-state index contributed by atoms with van der Waals surface area (Å²) in [5.41, 5.74) is 1.17. The number of fused-ring (bicyclic) bond motifs is 1. The Kier molecular flexibility index (Phi) is 4.70. The monoisotopic (exact) mass is 384 g/mol. The van der Waals surface area contributed by atoms with Crippen LogP contribution in [0.5, 0.6) is 0 Å². The van der Waals surface area contributed by atoms with E-state index in [0.29, 0.717) is 22.0 Å². The number of halogens is 2. The lowest BCUT2D eigenvalue weighted by molar-refractivity contribution is -0.115. The lowest BCUT2D eigenvalue weighted by atomic mass is 9.92. The summed E-state index contributed by atoms with van der Waals surface area (Å²) in [6.45, 7) is 0. The molecule has 27 heavy (non-hydrogen) atoms. The van der Waals surface area contributed by atoms with Crippen LogP contribution in [0.25, 0.3) is 10.8 Å². The minimum atomic E-state index is -0.516. The van der Waals surface area contributed by atoms with E-state index in [1.807, 2.05) is 12.3 Å². The molecule has 3 aromatic rings. The minimum absolute atomic E-state index is 0.0120. The third-order valence-corrected chi connectivity index (χ3v) is 5.35. The van der Waals surface area contributed by atoms with Gasteiger partial charge in [-0.3, -0.25) is 9.59 Å². The van der Waals surface area contributed by atoms with E-state index in [0.717, 1.165) is 19.3 Å². The van der Waals surface area contributed by atoms with Crippen LogP contribution in [0.3, 0.4) is 0 Å². The molecule has 1 saturated carbocycles. The van der Waals surface area contributed by atoms with Crippen molar-refractivity contribution in [2.24, 2.45) is 0 Å². The number of carbonyl (C=O) groups excluding carboxylic acids is 1. The van der Waals surface area contributed by atoms with Crippen molar-refractivity contribution < 1.29 is 9.18 Å². The summed E-state index contributed by atoms with van der Waals surface area (Å²) >= 11 is 5.77. The van der Waals surface area contributed by atoms with Crippen molar-refractivity contribution in [1.29, 1.82) is 0 Å². The molecule has 6 heteroatoms. The number of carbonyl (C=O) groups is 1. The number of aromatic nitrogens is 1. The van der Waals surface area contributed by atoms with Crippen LogP contribution in [-0.2, 0) is 11.2 Å². The number of benzene rings is 2. The van der Waals surface area contributed by atoms with Crippen molar-refractivity contribution in [2.75, 3.05) is 5.32 Å². The highest BCUT2D eigenvalue weighted by Gasteiger charge is 2.21. The third-order valence-electron chi connectivity index (χ3n) is 5.06. The van der Waals surface area contributed by atoms with Crippen molar-refractivity contribution in [2.45, 2.75) is 31.7 Å². The fraction of sp³-hybridized carbons (Fsp3) is 0.238. The second-order valence-electron chi connectivity index (χ2n) is 6.85.